The molecule has 3 nitrogen and oxygen atoms in total. The number of hydrogen-bond donors (Lipinski definition) is 2. The molecule has 3 heteroatoms. The molecule has 1 heterocycles. The third kappa shape index (κ3) is 3.31. The van der Waals surface area contributed by atoms with E-state index in [1.165, 1.54) is 18.4 Å². The van der Waals surface area contributed by atoms with Crippen LogP contribution in [0.4, 0.5) is 0 Å². The maximum atomic E-state index is 9.07. The normalized spacial score (nSPS) is 22.9. The summed E-state index contributed by atoms with van der Waals surface area (Å²) in [5.41, 5.74) is 7.27. The van der Waals surface area contributed by atoms with Gasteiger partial charge in [-0.2, -0.15) is 0 Å². The number of rotatable bonds is 5. The summed E-state index contributed by atoms with van der Waals surface area (Å²) in [4.78, 5) is 2.49. The van der Waals surface area contributed by atoms with Crippen LogP contribution in [0.5, 0.6) is 0 Å². The van der Waals surface area contributed by atoms with E-state index in [0.29, 0.717) is 25.1 Å². The van der Waals surface area contributed by atoms with Gasteiger partial charge in [-0.25, -0.2) is 0 Å². The number of aliphatic hydroxyl groups excluding tert-OH is 1. The molecular formula is C15H24N2O. The summed E-state index contributed by atoms with van der Waals surface area (Å²) in [7, 11) is 0. The summed E-state index contributed by atoms with van der Waals surface area (Å²) < 4.78 is 0. The van der Waals surface area contributed by atoms with Gasteiger partial charge in [-0.1, -0.05) is 30.3 Å². The van der Waals surface area contributed by atoms with Crippen LogP contribution >= 0.6 is 0 Å². The number of nitrogens with two attached hydrogens (primary N) is 1. The van der Waals surface area contributed by atoms with E-state index in [4.69, 9.17) is 10.8 Å². The van der Waals surface area contributed by atoms with Crippen LogP contribution in [0.1, 0.15) is 30.9 Å². The summed E-state index contributed by atoms with van der Waals surface area (Å²) in [6.45, 7) is 3.16. The highest BCUT2D eigenvalue weighted by Crippen LogP contribution is 2.27. The Labute approximate surface area is 110 Å². The topological polar surface area (TPSA) is 49.5 Å². The Morgan fingerprint density at radius 1 is 1.33 bits per heavy atom. The van der Waals surface area contributed by atoms with Crippen LogP contribution in [0.25, 0.3) is 0 Å². The SMILES string of the molecule is NCC(c1ccccc1)N1CCCC(CCO)C1. The molecular weight excluding hydrogens is 224 g/mol. The van der Waals surface area contributed by atoms with Crippen molar-refractivity contribution in [1.82, 2.24) is 4.90 Å². The lowest BCUT2D eigenvalue weighted by atomic mass is 9.92. The predicted molar refractivity (Wildman–Crippen MR) is 74.2 cm³/mol. The molecule has 1 aromatic rings. The Kier molecular flexibility index (Phi) is 5.17. The minimum Gasteiger partial charge on any atom is -0.396 e. The first-order valence-electron chi connectivity index (χ1n) is 6.95. The summed E-state index contributed by atoms with van der Waals surface area (Å²) in [5.74, 6) is 0.626. The molecule has 0 aromatic heterocycles. The van der Waals surface area contributed by atoms with Gasteiger partial charge in [0.2, 0.25) is 0 Å². The molecule has 0 aliphatic carbocycles. The summed E-state index contributed by atoms with van der Waals surface area (Å²) >= 11 is 0. The fraction of sp³-hybridized carbons (Fsp3) is 0.600. The van der Waals surface area contributed by atoms with Crippen molar-refractivity contribution in [2.24, 2.45) is 11.7 Å². The van der Waals surface area contributed by atoms with Crippen LogP contribution < -0.4 is 5.73 Å². The average Bonchev–Trinajstić information content (AvgIpc) is 2.42. The van der Waals surface area contributed by atoms with Crippen molar-refractivity contribution in [3.63, 3.8) is 0 Å². The Hall–Kier alpha value is -0.900. The van der Waals surface area contributed by atoms with Gasteiger partial charge in [0, 0.05) is 25.7 Å². The molecule has 0 amide bonds. The van der Waals surface area contributed by atoms with Gasteiger partial charge >= 0.3 is 0 Å². The number of nitrogens with zero attached hydrogens (tertiary/aromatic N) is 1. The van der Waals surface area contributed by atoms with Gasteiger partial charge in [0.1, 0.15) is 0 Å². The third-order valence-electron chi connectivity index (χ3n) is 3.94. The van der Waals surface area contributed by atoms with Crippen LogP contribution in [-0.2, 0) is 0 Å². The van der Waals surface area contributed by atoms with Crippen LogP contribution in [0.3, 0.4) is 0 Å². The van der Waals surface area contributed by atoms with E-state index < -0.39 is 0 Å². The zero-order chi connectivity index (χ0) is 12.8. The first-order valence-corrected chi connectivity index (χ1v) is 6.95. The lowest BCUT2D eigenvalue weighted by molar-refractivity contribution is 0.110. The fourth-order valence-corrected chi connectivity index (χ4v) is 2.97. The monoisotopic (exact) mass is 248 g/mol. The molecule has 2 unspecified atom stereocenters. The van der Waals surface area contributed by atoms with Gasteiger partial charge in [0.05, 0.1) is 0 Å². The average molecular weight is 248 g/mol. The largest absolute Gasteiger partial charge is 0.396 e. The van der Waals surface area contributed by atoms with Gasteiger partial charge < -0.3 is 10.8 Å². The van der Waals surface area contributed by atoms with Crippen LogP contribution in [0, 0.1) is 5.92 Å². The quantitative estimate of drug-likeness (QED) is 0.835. The number of likely N-dealkylation sites (tertiary alicyclic amines) is 1. The maximum absolute atomic E-state index is 9.07. The highest BCUT2D eigenvalue weighted by atomic mass is 16.3. The molecule has 1 aromatic carbocycles. The highest BCUT2D eigenvalue weighted by molar-refractivity contribution is 5.19. The van der Waals surface area contributed by atoms with E-state index in [2.05, 4.69) is 29.2 Å². The zero-order valence-corrected chi connectivity index (χ0v) is 11.0. The van der Waals surface area contributed by atoms with Crippen molar-refractivity contribution in [3.05, 3.63) is 35.9 Å². The number of aliphatic hydroxyl groups is 1. The molecule has 0 saturated carbocycles. The second-order valence-corrected chi connectivity index (χ2v) is 5.18. The second-order valence-electron chi connectivity index (χ2n) is 5.18. The third-order valence-corrected chi connectivity index (χ3v) is 3.94. The minimum atomic E-state index is 0.303. The molecule has 2 atom stereocenters. The summed E-state index contributed by atoms with van der Waals surface area (Å²) in [6.07, 6.45) is 3.37. The smallest absolute Gasteiger partial charge is 0.0470 e. The van der Waals surface area contributed by atoms with Crippen molar-refractivity contribution in [2.75, 3.05) is 26.2 Å². The predicted octanol–water partition coefficient (Wildman–Crippen LogP) is 1.78. The number of benzene rings is 1. The molecule has 1 saturated heterocycles. The second kappa shape index (κ2) is 6.88. The van der Waals surface area contributed by atoms with Crippen molar-refractivity contribution < 1.29 is 5.11 Å². The molecule has 18 heavy (non-hydrogen) atoms. The van der Waals surface area contributed by atoms with Gasteiger partial charge in [-0.3, -0.25) is 4.90 Å². The molecule has 0 radical (unpaired) electrons. The van der Waals surface area contributed by atoms with Crippen molar-refractivity contribution in [1.29, 1.82) is 0 Å². The van der Waals surface area contributed by atoms with Gasteiger partial charge in [0.15, 0.2) is 0 Å². The molecule has 0 bridgehead atoms. The molecule has 1 aliphatic heterocycles. The van der Waals surface area contributed by atoms with E-state index in [0.717, 1.165) is 19.5 Å². The molecule has 2 rings (SSSR count). The lowest BCUT2D eigenvalue weighted by Gasteiger charge is -2.38. The van der Waals surface area contributed by atoms with Gasteiger partial charge in [-0.15, -0.1) is 0 Å². The summed E-state index contributed by atoms with van der Waals surface area (Å²) in [6, 6.07) is 10.8. The number of piperidine rings is 1. The molecule has 0 spiro atoms. The van der Waals surface area contributed by atoms with Crippen LogP contribution in [0.2, 0.25) is 0 Å². The highest BCUT2D eigenvalue weighted by Gasteiger charge is 2.25. The van der Waals surface area contributed by atoms with Gasteiger partial charge in [0.25, 0.3) is 0 Å². The Bertz CT molecular complexity index is 340. The lowest BCUT2D eigenvalue weighted by Crippen LogP contribution is -2.41. The maximum Gasteiger partial charge on any atom is 0.0470 e. The van der Waals surface area contributed by atoms with E-state index >= 15 is 0 Å². The van der Waals surface area contributed by atoms with Crippen LogP contribution in [0.15, 0.2) is 30.3 Å². The molecule has 100 valence electrons. The van der Waals surface area contributed by atoms with E-state index in [1.807, 2.05) is 6.07 Å². The fourth-order valence-electron chi connectivity index (χ4n) is 2.97. The van der Waals surface area contributed by atoms with E-state index in [-0.39, 0.29) is 0 Å². The van der Waals surface area contributed by atoms with E-state index in [9.17, 15) is 0 Å². The number of hydrogen-bond acceptors (Lipinski definition) is 3. The zero-order valence-electron chi connectivity index (χ0n) is 11.0. The standard InChI is InChI=1S/C15H24N2O/c16-11-15(14-6-2-1-3-7-14)17-9-4-5-13(12-17)8-10-18/h1-3,6-7,13,15,18H,4-5,8-12,16H2. The molecule has 1 aliphatic rings. The molecule has 3 N–H and O–H groups in total. The summed E-state index contributed by atoms with van der Waals surface area (Å²) in [5, 5.41) is 9.07. The minimum absolute atomic E-state index is 0.303. The first kappa shape index (κ1) is 13.5. The Morgan fingerprint density at radius 3 is 2.78 bits per heavy atom. The molecule has 1 fully saturated rings. The van der Waals surface area contributed by atoms with Crippen LogP contribution in [-0.4, -0.2) is 36.2 Å². The van der Waals surface area contributed by atoms with Crippen molar-refractivity contribution in [3.8, 4) is 0 Å². The van der Waals surface area contributed by atoms with Crippen molar-refractivity contribution >= 4 is 0 Å². The Morgan fingerprint density at radius 2 is 2.11 bits per heavy atom. The Balaban J connectivity index is 2.03. The van der Waals surface area contributed by atoms with E-state index in [1.54, 1.807) is 0 Å². The first-order chi connectivity index (χ1) is 8.85. The van der Waals surface area contributed by atoms with Gasteiger partial charge in [-0.05, 0) is 37.3 Å². The van der Waals surface area contributed by atoms with Crippen molar-refractivity contribution in [2.45, 2.75) is 25.3 Å².